The maximum atomic E-state index is 12.6. The van der Waals surface area contributed by atoms with Gasteiger partial charge < -0.3 is 5.11 Å². The number of carbonyl (C=O) groups excluding carboxylic acids is 1. The Morgan fingerprint density at radius 1 is 1.14 bits per heavy atom. The van der Waals surface area contributed by atoms with E-state index in [1.807, 2.05) is 6.07 Å². The van der Waals surface area contributed by atoms with Crippen molar-refractivity contribution in [2.24, 2.45) is 5.11 Å². The Balaban J connectivity index is 2.15. The molecule has 1 N–H and O–H groups in total. The van der Waals surface area contributed by atoms with E-state index < -0.39 is 17.8 Å². The Labute approximate surface area is 126 Å². The van der Waals surface area contributed by atoms with Crippen LogP contribution in [0.5, 0.6) is 0 Å². The number of hydrogen-bond acceptors (Lipinski definition) is 4. The van der Waals surface area contributed by atoms with Gasteiger partial charge in [0.15, 0.2) is 0 Å². The maximum absolute atomic E-state index is 12.6. The van der Waals surface area contributed by atoms with Crippen LogP contribution in [0.3, 0.4) is 0 Å². The van der Waals surface area contributed by atoms with Crippen LogP contribution in [0.15, 0.2) is 71.7 Å². The largest absolute Gasteiger partial charge is 0.477 e. The van der Waals surface area contributed by atoms with Gasteiger partial charge in [0.1, 0.15) is 18.0 Å². The summed E-state index contributed by atoms with van der Waals surface area (Å²) in [6.45, 7) is 0. The zero-order valence-electron chi connectivity index (χ0n) is 11.5. The van der Waals surface area contributed by atoms with Crippen LogP contribution in [0, 0.1) is 0 Å². The molecule has 6 heteroatoms. The molecule has 1 aromatic heterocycles. The average molecular weight is 294 g/mol. The lowest BCUT2D eigenvalue weighted by Gasteiger charge is -2.15. The topological polar surface area (TPSA) is 82.6 Å². The van der Waals surface area contributed by atoms with Gasteiger partial charge in [-0.1, -0.05) is 35.0 Å². The van der Waals surface area contributed by atoms with Gasteiger partial charge in [0.2, 0.25) is 5.78 Å². The second-order valence-electron chi connectivity index (χ2n) is 4.70. The third-order valence-electron chi connectivity index (χ3n) is 3.33. The van der Waals surface area contributed by atoms with Crippen LogP contribution in [0.4, 0.5) is 5.69 Å². The second-order valence-corrected chi connectivity index (χ2v) is 4.70. The van der Waals surface area contributed by atoms with Crippen LogP contribution in [-0.2, 0) is 9.59 Å². The number of aromatic nitrogens is 1. The number of benzene rings is 1. The van der Waals surface area contributed by atoms with Crippen molar-refractivity contribution in [2.45, 2.75) is 6.04 Å². The number of nitrogens with zero attached hydrogens (tertiary/aromatic N) is 3. The molecule has 0 fully saturated rings. The molecule has 1 aliphatic heterocycles. The van der Waals surface area contributed by atoms with Crippen LogP contribution >= 0.6 is 0 Å². The highest BCUT2D eigenvalue weighted by atomic mass is 16.4. The first-order valence-corrected chi connectivity index (χ1v) is 6.61. The summed E-state index contributed by atoms with van der Waals surface area (Å²) >= 11 is 0. The van der Waals surface area contributed by atoms with Crippen molar-refractivity contribution in [3.8, 4) is 0 Å². The molecule has 2 aromatic rings. The SMILES string of the molecule is O=C(O)C1=CN=[N+](c2cccnc2)C(c2ccccc2)C1=O. The predicted octanol–water partition coefficient (Wildman–Crippen LogP) is 2.47. The van der Waals surface area contributed by atoms with Gasteiger partial charge in [0.25, 0.3) is 11.7 Å². The standard InChI is InChI=1S/C16H11N3O3/c20-15-13(16(21)22)10-18-19(12-7-4-8-17-9-12)14(15)11-5-2-1-3-6-11/h1-10,14H/p+1. The Bertz CT molecular complexity index is 783. The fourth-order valence-corrected chi connectivity index (χ4v) is 2.30. The Morgan fingerprint density at radius 3 is 2.55 bits per heavy atom. The zero-order valence-corrected chi connectivity index (χ0v) is 11.5. The highest BCUT2D eigenvalue weighted by molar-refractivity contribution is 6.18. The van der Waals surface area contributed by atoms with Crippen molar-refractivity contribution in [1.29, 1.82) is 0 Å². The minimum Gasteiger partial charge on any atom is -0.477 e. The molecule has 6 nitrogen and oxygen atoms in total. The van der Waals surface area contributed by atoms with E-state index in [-0.39, 0.29) is 5.57 Å². The van der Waals surface area contributed by atoms with Gasteiger partial charge in [-0.3, -0.25) is 9.78 Å². The lowest BCUT2D eigenvalue weighted by molar-refractivity contribution is -0.542. The number of hydrogen-bond donors (Lipinski definition) is 1. The number of carboxylic acids is 1. The van der Waals surface area contributed by atoms with E-state index in [0.717, 1.165) is 6.20 Å². The van der Waals surface area contributed by atoms with Crippen LogP contribution < -0.4 is 0 Å². The van der Waals surface area contributed by atoms with E-state index in [2.05, 4.69) is 10.1 Å². The smallest absolute Gasteiger partial charge is 0.341 e. The van der Waals surface area contributed by atoms with Crippen molar-refractivity contribution in [2.75, 3.05) is 0 Å². The highest BCUT2D eigenvalue weighted by Crippen LogP contribution is 2.31. The molecule has 1 atom stereocenters. The molecular formula is C16H12N3O3+. The molecule has 1 aromatic carbocycles. The number of carbonyl (C=O) groups is 2. The zero-order chi connectivity index (χ0) is 15.5. The van der Waals surface area contributed by atoms with E-state index in [4.69, 9.17) is 5.11 Å². The van der Waals surface area contributed by atoms with E-state index in [0.29, 0.717) is 11.3 Å². The number of ketones is 1. The van der Waals surface area contributed by atoms with E-state index in [9.17, 15) is 9.59 Å². The summed E-state index contributed by atoms with van der Waals surface area (Å²) in [7, 11) is 0. The normalized spacial score (nSPS) is 17.6. The molecule has 0 radical (unpaired) electrons. The fourth-order valence-electron chi connectivity index (χ4n) is 2.30. The fraction of sp³-hybridized carbons (Fsp3) is 0.0625. The predicted molar refractivity (Wildman–Crippen MR) is 76.5 cm³/mol. The molecule has 0 saturated carbocycles. The van der Waals surface area contributed by atoms with Crippen LogP contribution in [0.25, 0.3) is 0 Å². The van der Waals surface area contributed by atoms with Crippen molar-refractivity contribution in [1.82, 2.24) is 4.98 Å². The molecule has 1 unspecified atom stereocenters. The molecule has 0 aliphatic carbocycles. The lowest BCUT2D eigenvalue weighted by atomic mass is 9.96. The summed E-state index contributed by atoms with van der Waals surface area (Å²) < 4.78 is 1.48. The van der Waals surface area contributed by atoms with Gasteiger partial charge in [-0.05, 0) is 11.2 Å². The summed E-state index contributed by atoms with van der Waals surface area (Å²) in [5.41, 5.74) is 0.964. The minimum atomic E-state index is -1.28. The highest BCUT2D eigenvalue weighted by Gasteiger charge is 2.41. The maximum Gasteiger partial charge on any atom is 0.341 e. The minimum absolute atomic E-state index is 0.325. The van der Waals surface area contributed by atoms with Gasteiger partial charge in [-0.15, -0.1) is 0 Å². The van der Waals surface area contributed by atoms with Gasteiger partial charge >= 0.3 is 5.97 Å². The molecule has 0 spiro atoms. The first-order valence-electron chi connectivity index (χ1n) is 6.61. The van der Waals surface area contributed by atoms with Gasteiger partial charge in [0, 0.05) is 17.8 Å². The van der Waals surface area contributed by atoms with Gasteiger partial charge in [-0.25, -0.2) is 4.79 Å². The number of azo groups is 2. The van der Waals surface area contributed by atoms with Crippen LogP contribution in [0.1, 0.15) is 11.6 Å². The summed E-state index contributed by atoms with van der Waals surface area (Å²) in [5.74, 6) is -1.78. The van der Waals surface area contributed by atoms with Crippen molar-refractivity contribution in [3.63, 3.8) is 0 Å². The molecular weight excluding hydrogens is 282 g/mol. The van der Waals surface area contributed by atoms with Gasteiger partial charge in [-0.2, -0.15) is 0 Å². The van der Waals surface area contributed by atoms with Crippen LogP contribution in [-0.4, -0.2) is 26.5 Å². The summed E-state index contributed by atoms with van der Waals surface area (Å²) in [6, 6.07) is 11.6. The first kappa shape index (κ1) is 13.8. The summed E-state index contributed by atoms with van der Waals surface area (Å²) in [4.78, 5) is 27.8. The molecule has 1 aliphatic rings. The Kier molecular flexibility index (Phi) is 3.57. The second kappa shape index (κ2) is 5.69. The van der Waals surface area contributed by atoms with Crippen LogP contribution in [0.2, 0.25) is 0 Å². The Hall–Kier alpha value is -3.15. The molecule has 108 valence electrons. The lowest BCUT2D eigenvalue weighted by Crippen LogP contribution is -2.29. The van der Waals surface area contributed by atoms with E-state index in [1.165, 1.54) is 4.70 Å². The number of pyridine rings is 1. The first-order chi connectivity index (χ1) is 10.7. The summed E-state index contributed by atoms with van der Waals surface area (Å²) in [5, 5.41) is 13.3. The molecule has 3 rings (SSSR count). The van der Waals surface area contributed by atoms with Gasteiger partial charge in [0.05, 0.1) is 0 Å². The third kappa shape index (κ3) is 2.42. The van der Waals surface area contributed by atoms with E-state index >= 15 is 0 Å². The molecule has 0 bridgehead atoms. The number of rotatable bonds is 3. The van der Waals surface area contributed by atoms with Crippen molar-refractivity contribution < 1.29 is 19.4 Å². The number of carboxylic acid groups (broad SMARTS) is 1. The monoisotopic (exact) mass is 294 g/mol. The molecule has 2 heterocycles. The Morgan fingerprint density at radius 2 is 1.91 bits per heavy atom. The quantitative estimate of drug-likeness (QED) is 0.696. The number of Topliss-reactive ketones (excluding diaryl/α,β-unsaturated/α-hetero) is 1. The molecule has 22 heavy (non-hydrogen) atoms. The number of aliphatic carboxylic acids is 1. The van der Waals surface area contributed by atoms with Crippen molar-refractivity contribution in [3.05, 3.63) is 72.2 Å². The molecule has 0 saturated heterocycles. The van der Waals surface area contributed by atoms with E-state index in [1.54, 1.807) is 48.8 Å². The third-order valence-corrected chi connectivity index (χ3v) is 3.33. The summed E-state index contributed by atoms with van der Waals surface area (Å²) in [6.07, 6.45) is 4.27. The average Bonchev–Trinajstić information content (AvgIpc) is 2.55. The molecule has 0 amide bonds. The van der Waals surface area contributed by atoms with Crippen molar-refractivity contribution >= 4 is 17.4 Å².